The van der Waals surface area contributed by atoms with Crippen molar-refractivity contribution in [2.24, 2.45) is 0 Å². The average Bonchev–Trinajstić information content (AvgIpc) is 3.26. The molecule has 0 radical (unpaired) electrons. The van der Waals surface area contributed by atoms with Gasteiger partial charge in [0.2, 0.25) is 11.8 Å². The molecule has 0 unspecified atom stereocenters. The maximum atomic E-state index is 13.0. The first-order valence-corrected chi connectivity index (χ1v) is 9.46. The quantitative estimate of drug-likeness (QED) is 0.748. The van der Waals surface area contributed by atoms with Crippen molar-refractivity contribution in [3.63, 3.8) is 0 Å². The van der Waals surface area contributed by atoms with Crippen LogP contribution < -0.4 is 5.32 Å². The summed E-state index contributed by atoms with van der Waals surface area (Å²) < 4.78 is 13.0. The van der Waals surface area contributed by atoms with E-state index in [1.54, 1.807) is 4.90 Å². The van der Waals surface area contributed by atoms with Crippen molar-refractivity contribution in [2.45, 2.75) is 31.7 Å². The lowest BCUT2D eigenvalue weighted by atomic mass is 10.0. The zero-order valence-electron chi connectivity index (χ0n) is 15.6. The van der Waals surface area contributed by atoms with Gasteiger partial charge >= 0.3 is 0 Å². The summed E-state index contributed by atoms with van der Waals surface area (Å²) in [5, 5.41) is 2.78. The second kappa shape index (κ2) is 9.26. The monoisotopic (exact) mass is 382 g/mol. The van der Waals surface area contributed by atoms with Crippen LogP contribution in [0.15, 0.2) is 54.6 Å². The standard InChI is InChI=1S/C22H23FN2O3/c23-18-10-8-16(9-11-18)19(26)12-13-20(27)24-21(17-6-2-1-3-7-17)22(28)25-14-4-5-15-25/h1-3,6-11,21H,4-5,12-15H2,(H,24,27)/t21-/m0/s1. The molecule has 28 heavy (non-hydrogen) atoms. The highest BCUT2D eigenvalue weighted by molar-refractivity contribution is 5.98. The van der Waals surface area contributed by atoms with Crippen LogP contribution in [0.3, 0.4) is 0 Å². The normalized spacial score (nSPS) is 14.5. The highest BCUT2D eigenvalue weighted by atomic mass is 19.1. The number of nitrogens with one attached hydrogen (secondary N) is 1. The second-order valence-corrected chi connectivity index (χ2v) is 6.87. The van der Waals surface area contributed by atoms with Gasteiger partial charge in [-0.3, -0.25) is 14.4 Å². The van der Waals surface area contributed by atoms with E-state index in [9.17, 15) is 18.8 Å². The lowest BCUT2D eigenvalue weighted by molar-refractivity contribution is -0.135. The molecular formula is C22H23FN2O3. The van der Waals surface area contributed by atoms with Crippen molar-refractivity contribution in [3.05, 3.63) is 71.5 Å². The maximum absolute atomic E-state index is 13.0. The average molecular weight is 382 g/mol. The van der Waals surface area contributed by atoms with E-state index in [1.807, 2.05) is 30.3 Å². The Balaban J connectivity index is 1.63. The zero-order chi connectivity index (χ0) is 19.9. The number of hydrogen-bond acceptors (Lipinski definition) is 3. The number of Topliss-reactive ketones (excluding diaryl/α,β-unsaturated/α-hetero) is 1. The van der Waals surface area contributed by atoms with Crippen LogP contribution >= 0.6 is 0 Å². The number of hydrogen-bond donors (Lipinski definition) is 1. The molecule has 0 saturated carbocycles. The van der Waals surface area contributed by atoms with E-state index < -0.39 is 11.9 Å². The summed E-state index contributed by atoms with van der Waals surface area (Å²) in [4.78, 5) is 39.3. The van der Waals surface area contributed by atoms with Crippen LogP contribution in [0.4, 0.5) is 4.39 Å². The summed E-state index contributed by atoms with van der Waals surface area (Å²) in [6.07, 6.45) is 1.89. The summed E-state index contributed by atoms with van der Waals surface area (Å²) >= 11 is 0. The lowest BCUT2D eigenvalue weighted by Crippen LogP contribution is -2.41. The van der Waals surface area contributed by atoms with Crippen LogP contribution in [0.2, 0.25) is 0 Å². The SMILES string of the molecule is O=C(CCC(=O)c1ccc(F)cc1)N[C@H](C(=O)N1CCCC1)c1ccccc1. The molecule has 2 aromatic carbocycles. The fourth-order valence-corrected chi connectivity index (χ4v) is 3.29. The Hall–Kier alpha value is -3.02. The zero-order valence-corrected chi connectivity index (χ0v) is 15.6. The van der Waals surface area contributed by atoms with E-state index in [4.69, 9.17) is 0 Å². The Morgan fingerprint density at radius 1 is 0.929 bits per heavy atom. The van der Waals surface area contributed by atoms with Crippen molar-refractivity contribution in [1.82, 2.24) is 10.2 Å². The van der Waals surface area contributed by atoms with Crippen LogP contribution in [0, 0.1) is 5.82 Å². The molecule has 1 heterocycles. The first kappa shape index (κ1) is 19.7. The summed E-state index contributed by atoms with van der Waals surface area (Å²) in [6.45, 7) is 1.39. The number of carbonyl (C=O) groups excluding carboxylic acids is 3. The molecule has 0 aliphatic carbocycles. The molecule has 6 heteroatoms. The molecule has 2 amide bonds. The Labute approximate surface area is 163 Å². The number of benzene rings is 2. The molecular weight excluding hydrogens is 359 g/mol. The third-order valence-electron chi connectivity index (χ3n) is 4.85. The number of ketones is 1. The smallest absolute Gasteiger partial charge is 0.249 e. The van der Waals surface area contributed by atoms with Crippen LogP contribution in [-0.4, -0.2) is 35.6 Å². The third kappa shape index (κ3) is 5.03. The Kier molecular flexibility index (Phi) is 6.53. The fourth-order valence-electron chi connectivity index (χ4n) is 3.29. The number of halogens is 1. The minimum Gasteiger partial charge on any atom is -0.341 e. The Bertz CT molecular complexity index is 831. The van der Waals surface area contributed by atoms with Gasteiger partial charge in [0.25, 0.3) is 0 Å². The molecule has 1 atom stereocenters. The maximum Gasteiger partial charge on any atom is 0.249 e. The minimum atomic E-state index is -0.757. The topological polar surface area (TPSA) is 66.5 Å². The molecule has 1 aliphatic heterocycles. The summed E-state index contributed by atoms with van der Waals surface area (Å²) in [6, 6.07) is 13.6. The van der Waals surface area contributed by atoms with Gasteiger partial charge in [0, 0.05) is 31.5 Å². The van der Waals surface area contributed by atoms with Crippen LogP contribution in [0.1, 0.15) is 47.6 Å². The summed E-state index contributed by atoms with van der Waals surface area (Å²) in [7, 11) is 0. The van der Waals surface area contributed by atoms with Gasteiger partial charge in [0.15, 0.2) is 5.78 Å². The predicted molar refractivity (Wildman–Crippen MR) is 103 cm³/mol. The number of likely N-dealkylation sites (tertiary alicyclic amines) is 1. The largest absolute Gasteiger partial charge is 0.341 e. The minimum absolute atomic E-state index is 0.00310. The summed E-state index contributed by atoms with van der Waals surface area (Å²) in [5.41, 5.74) is 1.08. The van der Waals surface area contributed by atoms with E-state index in [2.05, 4.69) is 5.32 Å². The van der Waals surface area contributed by atoms with E-state index in [0.29, 0.717) is 18.7 Å². The Morgan fingerprint density at radius 2 is 1.57 bits per heavy atom. The van der Waals surface area contributed by atoms with Crippen molar-refractivity contribution in [2.75, 3.05) is 13.1 Å². The molecule has 3 rings (SSSR count). The van der Waals surface area contributed by atoms with E-state index in [-0.39, 0.29) is 30.4 Å². The number of amides is 2. The van der Waals surface area contributed by atoms with Crippen molar-refractivity contribution < 1.29 is 18.8 Å². The number of carbonyl (C=O) groups is 3. The molecule has 2 aromatic rings. The molecule has 1 saturated heterocycles. The van der Waals surface area contributed by atoms with Gasteiger partial charge in [0.1, 0.15) is 11.9 Å². The van der Waals surface area contributed by atoms with Gasteiger partial charge in [-0.25, -0.2) is 4.39 Å². The highest BCUT2D eigenvalue weighted by Gasteiger charge is 2.29. The third-order valence-corrected chi connectivity index (χ3v) is 4.85. The molecule has 0 bridgehead atoms. The van der Waals surface area contributed by atoms with Crippen molar-refractivity contribution in [1.29, 1.82) is 0 Å². The lowest BCUT2D eigenvalue weighted by Gasteiger charge is -2.24. The first-order valence-electron chi connectivity index (χ1n) is 9.46. The molecule has 1 N–H and O–H groups in total. The van der Waals surface area contributed by atoms with Crippen molar-refractivity contribution >= 4 is 17.6 Å². The summed E-state index contributed by atoms with van der Waals surface area (Å²) in [5.74, 6) is -1.14. The van der Waals surface area contributed by atoms with Gasteiger partial charge in [-0.1, -0.05) is 30.3 Å². The first-order chi connectivity index (χ1) is 13.5. The van der Waals surface area contributed by atoms with Gasteiger partial charge in [-0.2, -0.15) is 0 Å². The molecule has 0 spiro atoms. The fraction of sp³-hybridized carbons (Fsp3) is 0.318. The highest BCUT2D eigenvalue weighted by Crippen LogP contribution is 2.19. The number of nitrogens with zero attached hydrogens (tertiary/aromatic N) is 1. The van der Waals surface area contributed by atoms with E-state index in [1.165, 1.54) is 24.3 Å². The molecule has 146 valence electrons. The molecule has 0 aromatic heterocycles. The number of rotatable bonds is 7. The van der Waals surface area contributed by atoms with Gasteiger partial charge < -0.3 is 10.2 Å². The van der Waals surface area contributed by atoms with Gasteiger partial charge in [-0.05, 0) is 42.7 Å². The Morgan fingerprint density at radius 3 is 2.21 bits per heavy atom. The van der Waals surface area contributed by atoms with Gasteiger partial charge in [0.05, 0.1) is 0 Å². The molecule has 1 aliphatic rings. The van der Waals surface area contributed by atoms with Crippen molar-refractivity contribution in [3.8, 4) is 0 Å². The van der Waals surface area contributed by atoms with Crippen LogP contribution in [0.25, 0.3) is 0 Å². The molecule has 1 fully saturated rings. The van der Waals surface area contributed by atoms with E-state index >= 15 is 0 Å². The predicted octanol–water partition coefficient (Wildman–Crippen LogP) is 3.27. The van der Waals surface area contributed by atoms with Crippen LogP contribution in [-0.2, 0) is 9.59 Å². The second-order valence-electron chi connectivity index (χ2n) is 6.87. The van der Waals surface area contributed by atoms with Crippen LogP contribution in [0.5, 0.6) is 0 Å². The molecule has 5 nitrogen and oxygen atoms in total. The van der Waals surface area contributed by atoms with Gasteiger partial charge in [-0.15, -0.1) is 0 Å². The van der Waals surface area contributed by atoms with E-state index in [0.717, 1.165) is 18.4 Å².